The molecule has 0 radical (unpaired) electrons. The van der Waals surface area contributed by atoms with E-state index in [0.29, 0.717) is 13.0 Å². The van der Waals surface area contributed by atoms with E-state index in [9.17, 15) is 9.59 Å². The summed E-state index contributed by atoms with van der Waals surface area (Å²) in [5, 5.41) is 14.2. The summed E-state index contributed by atoms with van der Waals surface area (Å²) >= 11 is 0. The van der Waals surface area contributed by atoms with Crippen molar-refractivity contribution < 1.29 is 14.7 Å². The van der Waals surface area contributed by atoms with E-state index in [1.807, 2.05) is 19.9 Å². The predicted octanol–water partition coefficient (Wildman–Crippen LogP) is 1.69. The summed E-state index contributed by atoms with van der Waals surface area (Å²) in [6.07, 6.45) is 4.04. The molecule has 1 unspecified atom stereocenters. The molecule has 1 heterocycles. The van der Waals surface area contributed by atoms with Crippen LogP contribution in [0.4, 0.5) is 4.79 Å². The highest BCUT2D eigenvalue weighted by Gasteiger charge is 2.25. The predicted molar refractivity (Wildman–Crippen MR) is 75.2 cm³/mol. The monoisotopic (exact) mass is 279 g/mol. The van der Waals surface area contributed by atoms with Crippen molar-refractivity contribution in [3.05, 3.63) is 29.6 Å². The lowest BCUT2D eigenvalue weighted by Gasteiger charge is -2.20. The molecule has 6 nitrogen and oxygen atoms in total. The zero-order valence-corrected chi connectivity index (χ0v) is 12.0. The zero-order chi connectivity index (χ0) is 15.1. The normalized spacial score (nSPS) is 13.3. The number of aryl methyl sites for hydroxylation is 1. The molecule has 0 aliphatic carbocycles. The molecule has 20 heavy (non-hydrogen) atoms. The lowest BCUT2D eigenvalue weighted by molar-refractivity contribution is -0.140. The van der Waals surface area contributed by atoms with Gasteiger partial charge in [-0.05, 0) is 30.0 Å². The Morgan fingerprint density at radius 3 is 2.70 bits per heavy atom. The minimum Gasteiger partial charge on any atom is -0.480 e. The fourth-order valence-electron chi connectivity index (χ4n) is 1.73. The van der Waals surface area contributed by atoms with E-state index in [2.05, 4.69) is 15.6 Å². The van der Waals surface area contributed by atoms with Crippen LogP contribution in [0.1, 0.15) is 31.4 Å². The van der Waals surface area contributed by atoms with Gasteiger partial charge in [0.05, 0.1) is 0 Å². The van der Waals surface area contributed by atoms with Crippen molar-refractivity contribution in [2.24, 2.45) is 5.92 Å². The van der Waals surface area contributed by atoms with Gasteiger partial charge in [0.2, 0.25) is 0 Å². The van der Waals surface area contributed by atoms with E-state index in [4.69, 9.17) is 5.11 Å². The fourth-order valence-corrected chi connectivity index (χ4v) is 1.73. The maximum atomic E-state index is 11.8. The molecular formula is C14H21N3O3. The van der Waals surface area contributed by atoms with Crippen LogP contribution in [-0.2, 0) is 11.3 Å². The van der Waals surface area contributed by atoms with Gasteiger partial charge in [0.1, 0.15) is 6.04 Å². The van der Waals surface area contributed by atoms with Gasteiger partial charge < -0.3 is 15.7 Å². The van der Waals surface area contributed by atoms with Crippen LogP contribution in [0.2, 0.25) is 0 Å². The lowest BCUT2D eigenvalue weighted by Crippen LogP contribution is -2.48. The highest BCUT2D eigenvalue weighted by atomic mass is 16.4. The molecule has 0 saturated carbocycles. The number of carbonyl (C=O) groups excluding carboxylic acids is 1. The molecule has 0 spiro atoms. The van der Waals surface area contributed by atoms with Gasteiger partial charge in [0.25, 0.3) is 0 Å². The Kier molecular flexibility index (Phi) is 5.96. The zero-order valence-electron chi connectivity index (χ0n) is 12.0. The number of rotatable bonds is 6. The number of carboxylic acid groups (broad SMARTS) is 1. The molecule has 0 bridgehead atoms. The molecule has 1 aromatic heterocycles. The first-order valence-electron chi connectivity index (χ1n) is 6.62. The number of pyridine rings is 1. The Hall–Kier alpha value is -2.11. The van der Waals surface area contributed by atoms with E-state index in [1.54, 1.807) is 19.3 Å². The second kappa shape index (κ2) is 7.47. The van der Waals surface area contributed by atoms with Crippen molar-refractivity contribution in [1.29, 1.82) is 0 Å². The maximum absolute atomic E-state index is 11.8. The standard InChI is InChI=1S/C14H21N3O3/c1-4-9(2)12(13(18)19)17-14(20)16-8-11-7-15-6-5-10(11)3/h5-7,9,12H,4,8H2,1-3H3,(H,18,19)(H2,16,17,20)/t9?,12-/m0/s1. The molecule has 1 aromatic rings. The van der Waals surface area contributed by atoms with E-state index in [0.717, 1.165) is 11.1 Å². The summed E-state index contributed by atoms with van der Waals surface area (Å²) in [6.45, 7) is 5.93. The van der Waals surface area contributed by atoms with Crippen molar-refractivity contribution in [1.82, 2.24) is 15.6 Å². The molecule has 6 heteroatoms. The summed E-state index contributed by atoms with van der Waals surface area (Å²) in [7, 11) is 0. The number of nitrogens with zero attached hydrogens (tertiary/aromatic N) is 1. The van der Waals surface area contributed by atoms with Crippen LogP contribution in [-0.4, -0.2) is 28.1 Å². The number of aliphatic carboxylic acids is 1. The lowest BCUT2D eigenvalue weighted by atomic mass is 9.99. The first kappa shape index (κ1) is 15.9. The van der Waals surface area contributed by atoms with Crippen LogP contribution in [0.3, 0.4) is 0 Å². The van der Waals surface area contributed by atoms with Gasteiger partial charge in [-0.15, -0.1) is 0 Å². The fraction of sp³-hybridized carbons (Fsp3) is 0.500. The van der Waals surface area contributed by atoms with Gasteiger partial charge in [-0.25, -0.2) is 9.59 Å². The Morgan fingerprint density at radius 1 is 1.45 bits per heavy atom. The number of hydrogen-bond donors (Lipinski definition) is 3. The minimum atomic E-state index is -1.02. The van der Waals surface area contributed by atoms with E-state index < -0.39 is 18.0 Å². The van der Waals surface area contributed by atoms with Gasteiger partial charge in [0, 0.05) is 18.9 Å². The number of carboxylic acids is 1. The number of carbonyl (C=O) groups is 2. The van der Waals surface area contributed by atoms with Crippen molar-refractivity contribution in [2.45, 2.75) is 39.8 Å². The average molecular weight is 279 g/mol. The average Bonchev–Trinajstić information content (AvgIpc) is 2.42. The number of amides is 2. The molecule has 3 N–H and O–H groups in total. The Bertz CT molecular complexity index is 476. The molecule has 110 valence electrons. The molecule has 0 fully saturated rings. The van der Waals surface area contributed by atoms with Gasteiger partial charge in [-0.3, -0.25) is 4.98 Å². The van der Waals surface area contributed by atoms with Crippen LogP contribution in [0.5, 0.6) is 0 Å². The summed E-state index contributed by atoms with van der Waals surface area (Å²) in [6, 6.07) is 0.490. The van der Waals surface area contributed by atoms with Crippen LogP contribution in [0.15, 0.2) is 18.5 Å². The Labute approximate surface area is 118 Å². The Morgan fingerprint density at radius 2 is 2.15 bits per heavy atom. The molecule has 2 amide bonds. The van der Waals surface area contributed by atoms with E-state index in [1.165, 1.54) is 0 Å². The number of hydrogen-bond acceptors (Lipinski definition) is 3. The third-order valence-corrected chi connectivity index (χ3v) is 3.35. The first-order valence-corrected chi connectivity index (χ1v) is 6.62. The van der Waals surface area contributed by atoms with Crippen LogP contribution in [0, 0.1) is 12.8 Å². The molecule has 2 atom stereocenters. The number of nitrogens with one attached hydrogen (secondary N) is 2. The summed E-state index contributed by atoms with van der Waals surface area (Å²) in [4.78, 5) is 26.9. The summed E-state index contributed by atoms with van der Waals surface area (Å²) < 4.78 is 0. The van der Waals surface area contributed by atoms with Crippen molar-refractivity contribution in [3.8, 4) is 0 Å². The third kappa shape index (κ3) is 4.53. The Balaban J connectivity index is 2.55. The second-order valence-electron chi connectivity index (χ2n) is 4.83. The van der Waals surface area contributed by atoms with Crippen molar-refractivity contribution in [3.63, 3.8) is 0 Å². The van der Waals surface area contributed by atoms with E-state index in [-0.39, 0.29) is 5.92 Å². The van der Waals surface area contributed by atoms with Gasteiger partial charge in [-0.2, -0.15) is 0 Å². The van der Waals surface area contributed by atoms with Gasteiger partial charge >= 0.3 is 12.0 Å². The van der Waals surface area contributed by atoms with Gasteiger partial charge in [-0.1, -0.05) is 20.3 Å². The SMILES string of the molecule is CCC(C)[C@H](NC(=O)NCc1cnccc1C)C(=O)O. The van der Waals surface area contributed by atoms with Crippen LogP contribution in [0.25, 0.3) is 0 Å². The molecule has 0 saturated heterocycles. The largest absolute Gasteiger partial charge is 0.480 e. The second-order valence-corrected chi connectivity index (χ2v) is 4.83. The van der Waals surface area contributed by atoms with Crippen molar-refractivity contribution >= 4 is 12.0 Å². The van der Waals surface area contributed by atoms with Gasteiger partial charge in [0.15, 0.2) is 0 Å². The number of aromatic nitrogens is 1. The minimum absolute atomic E-state index is 0.127. The topological polar surface area (TPSA) is 91.3 Å². The highest BCUT2D eigenvalue weighted by molar-refractivity contribution is 5.82. The van der Waals surface area contributed by atoms with Crippen LogP contribution < -0.4 is 10.6 Å². The van der Waals surface area contributed by atoms with E-state index >= 15 is 0 Å². The summed E-state index contributed by atoms with van der Waals surface area (Å²) in [5.74, 6) is -1.15. The maximum Gasteiger partial charge on any atom is 0.326 e. The van der Waals surface area contributed by atoms with Crippen molar-refractivity contribution in [2.75, 3.05) is 0 Å². The molecular weight excluding hydrogens is 258 g/mol. The quantitative estimate of drug-likeness (QED) is 0.739. The third-order valence-electron chi connectivity index (χ3n) is 3.35. The first-order chi connectivity index (χ1) is 9.45. The molecule has 1 rings (SSSR count). The summed E-state index contributed by atoms with van der Waals surface area (Å²) in [5.41, 5.74) is 1.93. The number of urea groups is 1. The highest BCUT2D eigenvalue weighted by Crippen LogP contribution is 2.08. The van der Waals surface area contributed by atoms with Crippen LogP contribution >= 0.6 is 0 Å². The molecule has 0 aromatic carbocycles. The smallest absolute Gasteiger partial charge is 0.326 e. The molecule has 0 aliphatic heterocycles. The molecule has 0 aliphatic rings.